The molecule has 1 saturated heterocycles. The van der Waals surface area contributed by atoms with Gasteiger partial charge in [0.15, 0.2) is 6.61 Å². The highest BCUT2D eigenvalue weighted by molar-refractivity contribution is 5.77. The summed E-state index contributed by atoms with van der Waals surface area (Å²) in [6.45, 7) is 2.35. The summed E-state index contributed by atoms with van der Waals surface area (Å²) in [5.41, 5.74) is 1.09. The van der Waals surface area contributed by atoms with E-state index in [0.29, 0.717) is 18.2 Å². The highest BCUT2D eigenvalue weighted by atomic mass is 19.1. The van der Waals surface area contributed by atoms with Crippen LogP contribution in [0.5, 0.6) is 11.5 Å². The number of nitrogens with zero attached hydrogens (tertiary/aromatic N) is 1. The lowest BCUT2D eigenvalue weighted by molar-refractivity contribution is -0.123. The number of benzene rings is 2. The lowest BCUT2D eigenvalue weighted by Gasteiger charge is -2.21. The molecular formula is C20H23FN2O3. The fraction of sp³-hybridized carbons (Fsp3) is 0.350. The van der Waals surface area contributed by atoms with Gasteiger partial charge in [0, 0.05) is 19.6 Å². The summed E-state index contributed by atoms with van der Waals surface area (Å²) in [6, 6.07) is 13.6. The van der Waals surface area contributed by atoms with Crippen LogP contribution in [0.15, 0.2) is 48.5 Å². The molecule has 0 spiro atoms. The van der Waals surface area contributed by atoms with Crippen molar-refractivity contribution in [3.63, 3.8) is 0 Å². The van der Waals surface area contributed by atoms with Crippen molar-refractivity contribution >= 4 is 11.6 Å². The Morgan fingerprint density at radius 1 is 1.23 bits per heavy atom. The Morgan fingerprint density at radius 3 is 2.77 bits per heavy atom. The van der Waals surface area contributed by atoms with Gasteiger partial charge >= 0.3 is 0 Å². The van der Waals surface area contributed by atoms with Gasteiger partial charge in [-0.05, 0) is 48.7 Å². The average Bonchev–Trinajstić information content (AvgIpc) is 3.14. The minimum Gasteiger partial charge on any atom is -0.495 e. The number of carbonyl (C=O) groups excluding carboxylic acids is 1. The molecule has 1 aliphatic heterocycles. The van der Waals surface area contributed by atoms with Crippen LogP contribution in [0.4, 0.5) is 10.1 Å². The molecule has 1 heterocycles. The smallest absolute Gasteiger partial charge is 0.257 e. The Morgan fingerprint density at radius 2 is 2.00 bits per heavy atom. The minimum atomic E-state index is -0.331. The summed E-state index contributed by atoms with van der Waals surface area (Å²) in [5.74, 6) is 1.22. The first-order valence-corrected chi connectivity index (χ1v) is 8.68. The second-order valence-corrected chi connectivity index (χ2v) is 6.32. The van der Waals surface area contributed by atoms with Gasteiger partial charge in [0.05, 0.1) is 12.8 Å². The van der Waals surface area contributed by atoms with Gasteiger partial charge < -0.3 is 19.7 Å². The zero-order chi connectivity index (χ0) is 18.4. The van der Waals surface area contributed by atoms with Crippen molar-refractivity contribution < 1.29 is 18.7 Å². The topological polar surface area (TPSA) is 50.8 Å². The van der Waals surface area contributed by atoms with Crippen LogP contribution in [-0.4, -0.2) is 39.3 Å². The lowest BCUT2D eigenvalue weighted by atomic mass is 10.1. The molecular weight excluding hydrogens is 335 g/mol. The molecule has 0 aromatic heterocycles. The molecule has 5 nitrogen and oxygen atoms in total. The van der Waals surface area contributed by atoms with E-state index in [2.05, 4.69) is 16.3 Å². The number of halogens is 1. The quantitative estimate of drug-likeness (QED) is 0.827. The number of anilines is 1. The molecule has 1 unspecified atom stereocenters. The zero-order valence-corrected chi connectivity index (χ0v) is 14.8. The number of rotatable bonds is 7. The van der Waals surface area contributed by atoms with Gasteiger partial charge in [-0.15, -0.1) is 0 Å². The Labute approximate surface area is 152 Å². The first-order valence-electron chi connectivity index (χ1n) is 8.68. The molecule has 1 fully saturated rings. The molecule has 2 aromatic rings. The first-order chi connectivity index (χ1) is 12.7. The van der Waals surface area contributed by atoms with E-state index < -0.39 is 0 Å². The third-order valence-corrected chi connectivity index (χ3v) is 4.48. The molecule has 2 aromatic carbocycles. The van der Waals surface area contributed by atoms with E-state index in [9.17, 15) is 9.18 Å². The van der Waals surface area contributed by atoms with E-state index in [1.165, 1.54) is 24.3 Å². The molecule has 6 heteroatoms. The van der Waals surface area contributed by atoms with Crippen LogP contribution in [0.2, 0.25) is 0 Å². The zero-order valence-electron chi connectivity index (χ0n) is 14.8. The molecule has 0 aliphatic carbocycles. The SMILES string of the molecule is COc1ccccc1N1CCC(CNC(=O)COc2ccc(F)cc2)C1. The van der Waals surface area contributed by atoms with Crippen LogP contribution >= 0.6 is 0 Å². The van der Waals surface area contributed by atoms with E-state index in [1.807, 2.05) is 18.2 Å². The summed E-state index contributed by atoms with van der Waals surface area (Å²) in [7, 11) is 1.67. The van der Waals surface area contributed by atoms with E-state index in [0.717, 1.165) is 30.9 Å². The summed E-state index contributed by atoms with van der Waals surface area (Å²) >= 11 is 0. The average molecular weight is 358 g/mol. The number of hydrogen-bond acceptors (Lipinski definition) is 4. The fourth-order valence-corrected chi connectivity index (χ4v) is 3.10. The van der Waals surface area contributed by atoms with Crippen molar-refractivity contribution in [1.82, 2.24) is 5.32 Å². The van der Waals surface area contributed by atoms with Crippen molar-refractivity contribution in [2.24, 2.45) is 5.92 Å². The van der Waals surface area contributed by atoms with Crippen LogP contribution in [0.3, 0.4) is 0 Å². The van der Waals surface area contributed by atoms with Gasteiger partial charge in [-0.2, -0.15) is 0 Å². The third kappa shape index (κ3) is 4.65. The number of para-hydroxylation sites is 2. The van der Waals surface area contributed by atoms with Gasteiger partial charge in [0.25, 0.3) is 5.91 Å². The monoisotopic (exact) mass is 358 g/mol. The second-order valence-electron chi connectivity index (χ2n) is 6.32. The number of methoxy groups -OCH3 is 1. The van der Waals surface area contributed by atoms with Crippen molar-refractivity contribution in [2.45, 2.75) is 6.42 Å². The highest BCUT2D eigenvalue weighted by Crippen LogP contribution is 2.31. The summed E-state index contributed by atoms with van der Waals surface area (Å²) < 4.78 is 23.6. The summed E-state index contributed by atoms with van der Waals surface area (Å²) in [6.07, 6.45) is 1.01. The number of hydrogen-bond donors (Lipinski definition) is 1. The molecule has 3 rings (SSSR count). The van der Waals surface area contributed by atoms with E-state index >= 15 is 0 Å². The second kappa shape index (κ2) is 8.56. The predicted octanol–water partition coefficient (Wildman–Crippen LogP) is 2.86. The van der Waals surface area contributed by atoms with Gasteiger partial charge in [-0.25, -0.2) is 4.39 Å². The molecule has 1 amide bonds. The Hall–Kier alpha value is -2.76. The van der Waals surface area contributed by atoms with Crippen molar-refractivity contribution in [2.75, 3.05) is 38.3 Å². The number of ether oxygens (including phenoxy) is 2. The predicted molar refractivity (Wildman–Crippen MR) is 98.2 cm³/mol. The van der Waals surface area contributed by atoms with E-state index in [4.69, 9.17) is 9.47 Å². The van der Waals surface area contributed by atoms with Gasteiger partial charge in [-0.1, -0.05) is 12.1 Å². The Bertz CT molecular complexity index is 736. The molecule has 0 saturated carbocycles. The van der Waals surface area contributed by atoms with Crippen molar-refractivity contribution in [3.8, 4) is 11.5 Å². The van der Waals surface area contributed by atoms with Crippen molar-refractivity contribution in [3.05, 3.63) is 54.3 Å². The summed E-state index contributed by atoms with van der Waals surface area (Å²) in [5, 5.41) is 2.91. The Balaban J connectivity index is 1.42. The molecule has 0 bridgehead atoms. The van der Waals surface area contributed by atoms with Gasteiger partial charge in [-0.3, -0.25) is 4.79 Å². The molecule has 138 valence electrons. The maximum atomic E-state index is 12.8. The number of carbonyl (C=O) groups is 1. The molecule has 1 atom stereocenters. The fourth-order valence-electron chi connectivity index (χ4n) is 3.10. The molecule has 26 heavy (non-hydrogen) atoms. The molecule has 1 N–H and O–H groups in total. The van der Waals surface area contributed by atoms with E-state index in [-0.39, 0.29) is 18.3 Å². The molecule has 0 radical (unpaired) electrons. The number of nitrogens with one attached hydrogen (secondary N) is 1. The van der Waals surface area contributed by atoms with Crippen LogP contribution in [0.1, 0.15) is 6.42 Å². The lowest BCUT2D eigenvalue weighted by Crippen LogP contribution is -2.34. The van der Waals surface area contributed by atoms with Crippen LogP contribution in [0, 0.1) is 11.7 Å². The van der Waals surface area contributed by atoms with Gasteiger partial charge in [0.1, 0.15) is 17.3 Å². The van der Waals surface area contributed by atoms with Gasteiger partial charge in [0.2, 0.25) is 0 Å². The molecule has 1 aliphatic rings. The maximum Gasteiger partial charge on any atom is 0.257 e. The van der Waals surface area contributed by atoms with Crippen LogP contribution in [-0.2, 0) is 4.79 Å². The summed E-state index contributed by atoms with van der Waals surface area (Å²) in [4.78, 5) is 14.2. The number of amides is 1. The standard InChI is InChI=1S/C20H23FN2O3/c1-25-19-5-3-2-4-18(19)23-11-10-15(13-23)12-22-20(24)14-26-17-8-6-16(21)7-9-17/h2-9,15H,10-14H2,1H3,(H,22,24). The van der Waals surface area contributed by atoms with Crippen molar-refractivity contribution in [1.29, 1.82) is 0 Å². The largest absolute Gasteiger partial charge is 0.495 e. The minimum absolute atomic E-state index is 0.0748. The Kier molecular flexibility index (Phi) is 5.94. The van der Waals surface area contributed by atoms with Crippen LogP contribution in [0.25, 0.3) is 0 Å². The van der Waals surface area contributed by atoms with E-state index in [1.54, 1.807) is 7.11 Å². The van der Waals surface area contributed by atoms with Crippen LogP contribution < -0.4 is 19.7 Å². The normalized spacial score (nSPS) is 16.4. The first kappa shape index (κ1) is 18.0. The maximum absolute atomic E-state index is 12.8. The third-order valence-electron chi connectivity index (χ3n) is 4.48. The highest BCUT2D eigenvalue weighted by Gasteiger charge is 2.24.